The fourth-order valence-corrected chi connectivity index (χ4v) is 4.70. The molecule has 0 fully saturated rings. The molecule has 0 aliphatic heterocycles. The van der Waals surface area contributed by atoms with Crippen molar-refractivity contribution >= 4 is 56.5 Å². The lowest BCUT2D eigenvalue weighted by molar-refractivity contribution is -0.113. The second-order valence-corrected chi connectivity index (χ2v) is 8.68. The third-order valence-electron chi connectivity index (χ3n) is 4.33. The fourth-order valence-electron chi connectivity index (χ4n) is 2.95. The largest absolute Gasteiger partial charge is 0.324 e. The molecule has 1 amide bonds. The molecule has 4 rings (SSSR count). The van der Waals surface area contributed by atoms with E-state index in [4.69, 9.17) is 11.6 Å². The lowest BCUT2D eigenvalue weighted by Gasteiger charge is -2.14. The number of anilines is 1. The van der Waals surface area contributed by atoms with Gasteiger partial charge in [-0.05, 0) is 54.3 Å². The number of para-hydroxylation sites is 1. The zero-order valence-corrected chi connectivity index (χ0v) is 18.1. The average Bonchev–Trinajstić information content (AvgIpc) is 3.18. The van der Waals surface area contributed by atoms with Crippen molar-refractivity contribution in [1.29, 1.82) is 0 Å². The van der Waals surface area contributed by atoms with Gasteiger partial charge in [0.25, 0.3) is 5.56 Å². The molecule has 30 heavy (non-hydrogen) atoms. The highest BCUT2D eigenvalue weighted by atomic mass is 35.5. The number of aromatic nitrogens is 2. The predicted octanol–water partition coefficient (Wildman–Crippen LogP) is 5.28. The third kappa shape index (κ3) is 4.12. The molecule has 0 saturated carbocycles. The van der Waals surface area contributed by atoms with Crippen molar-refractivity contribution in [3.8, 4) is 5.69 Å². The summed E-state index contributed by atoms with van der Waals surface area (Å²) in [6.45, 7) is 1.72. The van der Waals surface area contributed by atoms with E-state index in [0.29, 0.717) is 37.3 Å². The summed E-state index contributed by atoms with van der Waals surface area (Å²) in [7, 11) is 0. The molecule has 152 valence electrons. The Labute approximate surface area is 184 Å². The summed E-state index contributed by atoms with van der Waals surface area (Å²) in [5.41, 5.74) is 1.95. The van der Waals surface area contributed by atoms with Crippen LogP contribution in [-0.4, -0.2) is 21.2 Å². The number of thioether (sulfide) groups is 1. The van der Waals surface area contributed by atoms with Gasteiger partial charge in [0.1, 0.15) is 10.5 Å². The van der Waals surface area contributed by atoms with Crippen LogP contribution in [0.5, 0.6) is 0 Å². The van der Waals surface area contributed by atoms with Gasteiger partial charge in [-0.15, -0.1) is 11.3 Å². The van der Waals surface area contributed by atoms with Gasteiger partial charge < -0.3 is 5.32 Å². The van der Waals surface area contributed by atoms with Crippen molar-refractivity contribution in [2.24, 2.45) is 0 Å². The second-order valence-electron chi connectivity index (χ2n) is 6.42. The first-order valence-electron chi connectivity index (χ1n) is 8.88. The number of carbonyl (C=O) groups excluding carboxylic acids is 1. The summed E-state index contributed by atoms with van der Waals surface area (Å²) in [6, 6.07) is 12.9. The van der Waals surface area contributed by atoms with Gasteiger partial charge in [-0.1, -0.05) is 35.5 Å². The van der Waals surface area contributed by atoms with E-state index in [-0.39, 0.29) is 23.0 Å². The summed E-state index contributed by atoms with van der Waals surface area (Å²) >= 11 is 8.51. The quantitative estimate of drug-likeness (QED) is 0.326. The van der Waals surface area contributed by atoms with Crippen molar-refractivity contribution < 1.29 is 9.18 Å². The lowest BCUT2D eigenvalue weighted by Crippen LogP contribution is -2.23. The second kappa shape index (κ2) is 8.59. The van der Waals surface area contributed by atoms with Crippen LogP contribution in [0.4, 0.5) is 10.1 Å². The highest BCUT2D eigenvalue weighted by molar-refractivity contribution is 7.99. The number of halogens is 2. The number of rotatable bonds is 5. The van der Waals surface area contributed by atoms with Gasteiger partial charge in [-0.2, -0.15) is 0 Å². The highest BCUT2D eigenvalue weighted by Gasteiger charge is 2.17. The monoisotopic (exact) mass is 459 g/mol. The Balaban J connectivity index is 1.69. The molecular formula is C21H15ClFN3O2S2. The molecule has 5 nitrogen and oxygen atoms in total. The Hall–Kier alpha value is -2.68. The van der Waals surface area contributed by atoms with Gasteiger partial charge in [0, 0.05) is 0 Å². The number of nitrogens with zero attached hydrogens (tertiary/aromatic N) is 2. The molecule has 0 bridgehead atoms. The smallest absolute Gasteiger partial charge is 0.276 e. The van der Waals surface area contributed by atoms with Crippen LogP contribution >= 0.6 is 34.7 Å². The standard InChI is InChI=1S/C21H15ClFN3O2S2/c1-12-10-13(23)6-7-17(12)26-20(28)19-16(8-9-29-19)25-21(26)30-11-18(27)24-15-5-3-2-4-14(15)22/h2-10H,11H2,1H3,(H,24,27). The number of nitrogens with one attached hydrogen (secondary N) is 1. The van der Waals surface area contributed by atoms with Crippen molar-refractivity contribution in [2.45, 2.75) is 12.1 Å². The number of hydrogen-bond donors (Lipinski definition) is 1. The van der Waals surface area contributed by atoms with Gasteiger partial charge in [-0.25, -0.2) is 9.37 Å². The summed E-state index contributed by atoms with van der Waals surface area (Å²) in [5.74, 6) is -0.647. The number of fused-ring (bicyclic) bond motifs is 1. The topological polar surface area (TPSA) is 64.0 Å². The van der Waals surface area contributed by atoms with Crippen molar-refractivity contribution in [3.63, 3.8) is 0 Å². The van der Waals surface area contributed by atoms with Gasteiger partial charge in [0.2, 0.25) is 5.91 Å². The molecule has 0 aliphatic rings. The van der Waals surface area contributed by atoms with E-state index in [1.807, 2.05) is 0 Å². The Morgan fingerprint density at radius 1 is 1.27 bits per heavy atom. The molecule has 0 radical (unpaired) electrons. The van der Waals surface area contributed by atoms with Crippen LogP contribution in [0, 0.1) is 12.7 Å². The molecule has 0 atom stereocenters. The molecule has 4 aromatic rings. The Morgan fingerprint density at radius 2 is 2.07 bits per heavy atom. The number of aryl methyl sites for hydroxylation is 1. The van der Waals surface area contributed by atoms with Crippen molar-refractivity contribution in [3.05, 3.63) is 80.7 Å². The molecule has 0 spiro atoms. The molecule has 2 heterocycles. The number of carbonyl (C=O) groups is 1. The van der Waals surface area contributed by atoms with Crippen molar-refractivity contribution in [2.75, 3.05) is 11.1 Å². The average molecular weight is 460 g/mol. The van der Waals surface area contributed by atoms with Gasteiger partial charge in [-0.3, -0.25) is 14.2 Å². The summed E-state index contributed by atoms with van der Waals surface area (Å²) in [4.78, 5) is 30.1. The zero-order valence-electron chi connectivity index (χ0n) is 15.7. The molecule has 0 unspecified atom stereocenters. The van der Waals surface area contributed by atoms with E-state index < -0.39 is 0 Å². The predicted molar refractivity (Wildman–Crippen MR) is 121 cm³/mol. The minimum Gasteiger partial charge on any atom is -0.324 e. The maximum atomic E-state index is 13.6. The summed E-state index contributed by atoms with van der Waals surface area (Å²) in [6.07, 6.45) is 0. The molecule has 9 heteroatoms. The van der Waals surface area contributed by atoms with Gasteiger partial charge >= 0.3 is 0 Å². The van der Waals surface area contributed by atoms with E-state index in [9.17, 15) is 14.0 Å². The van der Waals surface area contributed by atoms with Gasteiger partial charge in [0.05, 0.1) is 27.7 Å². The van der Waals surface area contributed by atoms with Crippen LogP contribution in [0.1, 0.15) is 5.56 Å². The van der Waals surface area contributed by atoms with Crippen LogP contribution in [0.15, 0.2) is 63.9 Å². The van der Waals surface area contributed by atoms with E-state index in [0.717, 1.165) is 11.8 Å². The first-order chi connectivity index (χ1) is 14.4. The molecule has 2 aromatic heterocycles. The Kier molecular flexibility index (Phi) is 5.90. The minimum absolute atomic E-state index is 0.0214. The maximum Gasteiger partial charge on any atom is 0.276 e. The number of thiophene rings is 1. The molecule has 2 aromatic carbocycles. The van der Waals surface area contributed by atoms with Crippen LogP contribution in [0.3, 0.4) is 0 Å². The van der Waals surface area contributed by atoms with Crippen LogP contribution < -0.4 is 10.9 Å². The lowest BCUT2D eigenvalue weighted by atomic mass is 10.2. The Bertz CT molecular complexity index is 1320. The molecular weight excluding hydrogens is 445 g/mol. The SMILES string of the molecule is Cc1cc(F)ccc1-n1c(SCC(=O)Nc2ccccc2Cl)nc2ccsc2c1=O. The Morgan fingerprint density at radius 3 is 2.83 bits per heavy atom. The van der Waals surface area contributed by atoms with Gasteiger partial charge in [0.15, 0.2) is 5.16 Å². The first-order valence-corrected chi connectivity index (χ1v) is 11.1. The molecule has 0 saturated heterocycles. The minimum atomic E-state index is -0.386. The first kappa shape index (κ1) is 20.6. The zero-order chi connectivity index (χ0) is 21.3. The number of amides is 1. The fraction of sp³-hybridized carbons (Fsp3) is 0.0952. The van der Waals surface area contributed by atoms with Crippen LogP contribution in [-0.2, 0) is 4.79 Å². The van der Waals surface area contributed by atoms with Crippen molar-refractivity contribution in [1.82, 2.24) is 9.55 Å². The maximum absolute atomic E-state index is 13.6. The van der Waals surface area contributed by atoms with E-state index in [1.54, 1.807) is 48.7 Å². The van der Waals surface area contributed by atoms with E-state index >= 15 is 0 Å². The van der Waals surface area contributed by atoms with E-state index in [1.165, 1.54) is 28.0 Å². The van der Waals surface area contributed by atoms with Crippen LogP contribution in [0.25, 0.3) is 15.9 Å². The van der Waals surface area contributed by atoms with E-state index in [2.05, 4.69) is 10.3 Å². The number of hydrogen-bond acceptors (Lipinski definition) is 5. The van der Waals surface area contributed by atoms with Crippen LogP contribution in [0.2, 0.25) is 5.02 Å². The molecule has 1 N–H and O–H groups in total. The summed E-state index contributed by atoms with van der Waals surface area (Å²) < 4.78 is 15.5. The third-order valence-corrected chi connectivity index (χ3v) is 6.49. The highest BCUT2D eigenvalue weighted by Crippen LogP contribution is 2.26. The normalized spacial score (nSPS) is 11.0. The summed E-state index contributed by atoms with van der Waals surface area (Å²) in [5, 5.41) is 5.34. The molecule has 0 aliphatic carbocycles. The number of benzene rings is 2.